The summed E-state index contributed by atoms with van der Waals surface area (Å²) in [5.41, 5.74) is 0. The Bertz CT molecular complexity index is 445. The molecule has 1 aromatic carbocycles. The molecule has 0 bridgehead atoms. The molecule has 0 amide bonds. The number of rotatable bonds is 2. The summed E-state index contributed by atoms with van der Waals surface area (Å²) >= 11 is 0. The van der Waals surface area contributed by atoms with Crippen LogP contribution in [-0.4, -0.2) is 11.1 Å². The van der Waals surface area contributed by atoms with E-state index in [1.807, 2.05) is 42.2 Å². The lowest BCUT2D eigenvalue weighted by molar-refractivity contribution is 0.0702. The van der Waals surface area contributed by atoms with E-state index in [0.29, 0.717) is 5.30 Å². The summed E-state index contributed by atoms with van der Waals surface area (Å²) in [6.07, 6.45) is 0. The van der Waals surface area contributed by atoms with Crippen molar-refractivity contribution in [2.45, 2.75) is 0 Å². The number of carboxylic acids is 1. The van der Waals surface area contributed by atoms with Gasteiger partial charge in [0.1, 0.15) is 0 Å². The molecule has 2 nitrogen and oxygen atoms in total. The van der Waals surface area contributed by atoms with E-state index in [9.17, 15) is 4.79 Å². The minimum atomic E-state index is -0.815. The van der Waals surface area contributed by atoms with Gasteiger partial charge in [0, 0.05) is 0 Å². The molecule has 14 heavy (non-hydrogen) atoms. The Labute approximate surface area is 82.9 Å². The van der Waals surface area contributed by atoms with Crippen molar-refractivity contribution in [2.75, 3.05) is 0 Å². The second-order valence-corrected chi connectivity index (χ2v) is 4.94. The standard InChI is InChI=1S/C11H9O2P/c12-11(13)10-7-4-8-14(10)9-5-2-1-3-6-9/h1-8H,(H,12,13). The molecule has 0 aliphatic carbocycles. The summed E-state index contributed by atoms with van der Waals surface area (Å²) in [6.45, 7) is 0. The number of carboxylic acid groups (broad SMARTS) is 1. The number of carbonyl (C=O) groups is 1. The first kappa shape index (κ1) is 9.04. The van der Waals surface area contributed by atoms with E-state index in [-0.39, 0.29) is 0 Å². The van der Waals surface area contributed by atoms with Gasteiger partial charge in [-0.05, 0) is 17.2 Å². The summed E-state index contributed by atoms with van der Waals surface area (Å²) in [6, 6.07) is 13.2. The lowest BCUT2D eigenvalue weighted by Crippen LogP contribution is -1.91. The zero-order valence-corrected chi connectivity index (χ0v) is 8.32. The predicted octanol–water partition coefficient (Wildman–Crippen LogP) is 3.36. The molecule has 0 aliphatic rings. The van der Waals surface area contributed by atoms with Gasteiger partial charge < -0.3 is 5.11 Å². The second kappa shape index (κ2) is 3.69. The Morgan fingerprint density at radius 1 is 1.07 bits per heavy atom. The number of aromatic carboxylic acids is 1. The highest BCUT2D eigenvalue weighted by atomic mass is 31.1. The van der Waals surface area contributed by atoms with Crippen LogP contribution in [0.5, 0.6) is 0 Å². The zero-order valence-electron chi connectivity index (χ0n) is 7.42. The van der Waals surface area contributed by atoms with E-state index in [4.69, 9.17) is 5.11 Å². The Balaban J connectivity index is 2.52. The van der Waals surface area contributed by atoms with Crippen LogP contribution in [-0.2, 0) is 0 Å². The van der Waals surface area contributed by atoms with Gasteiger partial charge in [0.25, 0.3) is 0 Å². The summed E-state index contributed by atoms with van der Waals surface area (Å²) in [5.74, 6) is 1.15. The van der Waals surface area contributed by atoms with Gasteiger partial charge in [-0.1, -0.05) is 43.9 Å². The average molecular weight is 204 g/mol. The van der Waals surface area contributed by atoms with Crippen LogP contribution < -0.4 is 0 Å². The summed E-state index contributed by atoms with van der Waals surface area (Å²) in [5, 5.41) is 10.5. The Morgan fingerprint density at radius 3 is 2.43 bits per heavy atom. The van der Waals surface area contributed by atoms with E-state index in [0.717, 1.165) is 5.30 Å². The molecular weight excluding hydrogens is 195 g/mol. The van der Waals surface area contributed by atoms with Crippen molar-refractivity contribution >= 4 is 13.5 Å². The van der Waals surface area contributed by atoms with Crippen LogP contribution in [0.25, 0.3) is 5.30 Å². The van der Waals surface area contributed by atoms with Gasteiger partial charge in [-0.2, -0.15) is 0 Å². The molecule has 0 saturated carbocycles. The van der Waals surface area contributed by atoms with Crippen molar-refractivity contribution in [3.05, 3.63) is 53.6 Å². The highest BCUT2D eigenvalue weighted by molar-refractivity contribution is 7.58. The predicted molar refractivity (Wildman–Crippen MR) is 57.4 cm³/mol. The average Bonchev–Trinajstić information content (AvgIpc) is 2.67. The molecular formula is C11H9O2P. The topological polar surface area (TPSA) is 37.3 Å². The largest absolute Gasteiger partial charge is 0.477 e. The molecule has 0 radical (unpaired) electrons. The number of benzene rings is 1. The molecule has 1 unspecified atom stereocenters. The van der Waals surface area contributed by atoms with E-state index < -0.39 is 13.5 Å². The van der Waals surface area contributed by atoms with Gasteiger partial charge in [-0.15, -0.1) is 0 Å². The van der Waals surface area contributed by atoms with Gasteiger partial charge in [0.2, 0.25) is 0 Å². The maximum atomic E-state index is 10.9. The van der Waals surface area contributed by atoms with Gasteiger partial charge in [0.05, 0.1) is 5.30 Å². The molecule has 1 heterocycles. The van der Waals surface area contributed by atoms with Crippen molar-refractivity contribution in [1.82, 2.24) is 0 Å². The molecule has 2 rings (SSSR count). The lowest BCUT2D eigenvalue weighted by atomic mass is 10.4. The van der Waals surface area contributed by atoms with Crippen LogP contribution in [0.15, 0.2) is 48.3 Å². The Morgan fingerprint density at radius 2 is 1.79 bits per heavy atom. The molecule has 3 heteroatoms. The van der Waals surface area contributed by atoms with Gasteiger partial charge >= 0.3 is 5.97 Å². The van der Waals surface area contributed by atoms with Gasteiger partial charge in [-0.25, -0.2) is 4.79 Å². The molecule has 2 aromatic rings. The maximum absolute atomic E-state index is 10.9. The molecule has 1 atom stereocenters. The lowest BCUT2D eigenvalue weighted by Gasteiger charge is -2.00. The smallest absolute Gasteiger partial charge is 0.340 e. The SMILES string of the molecule is O=C(O)c1cccp1-c1ccccc1. The summed E-state index contributed by atoms with van der Waals surface area (Å²) in [7, 11) is -0.762. The Hall–Kier alpha value is -1.53. The first-order valence-electron chi connectivity index (χ1n) is 4.25. The fourth-order valence-electron chi connectivity index (χ4n) is 1.37. The minimum absolute atomic E-state index is 0.506. The number of hydrogen-bond donors (Lipinski definition) is 1. The van der Waals surface area contributed by atoms with Crippen LogP contribution in [0.4, 0.5) is 0 Å². The third-order valence-electron chi connectivity index (χ3n) is 2.00. The zero-order chi connectivity index (χ0) is 9.97. The van der Waals surface area contributed by atoms with Crippen LogP contribution in [0.3, 0.4) is 0 Å². The van der Waals surface area contributed by atoms with Crippen molar-refractivity contribution in [2.24, 2.45) is 0 Å². The highest BCUT2D eigenvalue weighted by Gasteiger charge is 2.10. The normalized spacial score (nSPS) is 11.3. The van der Waals surface area contributed by atoms with Gasteiger partial charge in [-0.3, -0.25) is 0 Å². The van der Waals surface area contributed by atoms with E-state index in [2.05, 4.69) is 0 Å². The van der Waals surface area contributed by atoms with Crippen LogP contribution in [0, 0.1) is 0 Å². The maximum Gasteiger partial charge on any atom is 0.340 e. The fourth-order valence-corrected chi connectivity index (χ4v) is 3.18. The molecule has 1 aromatic heterocycles. The molecule has 0 spiro atoms. The highest BCUT2D eigenvalue weighted by Crippen LogP contribution is 2.43. The van der Waals surface area contributed by atoms with Crippen molar-refractivity contribution in [3.8, 4) is 5.30 Å². The Kier molecular flexibility index (Phi) is 2.38. The monoisotopic (exact) mass is 204 g/mol. The molecule has 0 saturated heterocycles. The molecule has 70 valence electrons. The number of hydrogen-bond acceptors (Lipinski definition) is 1. The van der Waals surface area contributed by atoms with Crippen molar-refractivity contribution in [3.63, 3.8) is 0 Å². The van der Waals surface area contributed by atoms with E-state index >= 15 is 0 Å². The fraction of sp³-hybridized carbons (Fsp3) is 0. The third kappa shape index (κ3) is 1.57. The van der Waals surface area contributed by atoms with Crippen molar-refractivity contribution < 1.29 is 9.90 Å². The quantitative estimate of drug-likeness (QED) is 0.814. The van der Waals surface area contributed by atoms with Crippen LogP contribution in [0.2, 0.25) is 0 Å². The van der Waals surface area contributed by atoms with Crippen molar-refractivity contribution in [1.29, 1.82) is 0 Å². The molecule has 0 fully saturated rings. The molecule has 1 N–H and O–H groups in total. The summed E-state index contributed by atoms with van der Waals surface area (Å²) < 4.78 is 0. The third-order valence-corrected chi connectivity index (χ3v) is 4.19. The molecule has 0 aliphatic heterocycles. The van der Waals surface area contributed by atoms with Crippen LogP contribution in [0.1, 0.15) is 10.1 Å². The van der Waals surface area contributed by atoms with Crippen LogP contribution >= 0.6 is 7.53 Å². The van der Waals surface area contributed by atoms with E-state index in [1.165, 1.54) is 0 Å². The van der Waals surface area contributed by atoms with Gasteiger partial charge in [0.15, 0.2) is 0 Å². The van der Waals surface area contributed by atoms with E-state index in [1.54, 1.807) is 6.07 Å². The first-order chi connectivity index (χ1) is 6.79. The summed E-state index contributed by atoms with van der Waals surface area (Å²) in [4.78, 5) is 10.9. The first-order valence-corrected chi connectivity index (χ1v) is 5.66. The second-order valence-electron chi connectivity index (χ2n) is 2.90. The minimum Gasteiger partial charge on any atom is -0.477 e.